The minimum Gasteiger partial charge on any atom is -0.345 e. The Bertz CT molecular complexity index is 937. The summed E-state index contributed by atoms with van der Waals surface area (Å²) in [6, 6.07) is 1.77. The summed E-state index contributed by atoms with van der Waals surface area (Å²) in [5.74, 6) is 0. The molecule has 4 aromatic rings. The zero-order valence-electron chi connectivity index (χ0n) is 10.9. The molecule has 0 bridgehead atoms. The molecule has 0 atom stereocenters. The van der Waals surface area contributed by atoms with Gasteiger partial charge in [-0.2, -0.15) is 0 Å². The number of aromatic nitrogens is 6. The molecule has 0 aliphatic rings. The molecule has 0 saturated carbocycles. The monoisotopic (exact) mass is 316 g/mol. The maximum atomic E-state index is 6.27. The van der Waals surface area contributed by atoms with Gasteiger partial charge in [-0.3, -0.25) is 4.68 Å². The maximum Gasteiger partial charge on any atom is 0.146 e. The molecular formula is C13H9ClN6S. The maximum absolute atomic E-state index is 6.27. The van der Waals surface area contributed by atoms with E-state index >= 15 is 0 Å². The topological polar surface area (TPSA) is 72.3 Å². The second kappa shape index (κ2) is 4.64. The van der Waals surface area contributed by atoms with E-state index in [1.807, 2.05) is 24.8 Å². The van der Waals surface area contributed by atoms with Crippen molar-refractivity contribution in [3.05, 3.63) is 35.1 Å². The fourth-order valence-corrected chi connectivity index (χ4v) is 3.19. The molecule has 1 N–H and O–H groups in total. The van der Waals surface area contributed by atoms with Crippen LogP contribution in [0, 0.1) is 0 Å². The quantitative estimate of drug-likeness (QED) is 0.616. The van der Waals surface area contributed by atoms with E-state index in [2.05, 4.69) is 25.3 Å². The molecule has 21 heavy (non-hydrogen) atoms. The smallest absolute Gasteiger partial charge is 0.146 e. The summed E-state index contributed by atoms with van der Waals surface area (Å²) in [5, 5.41) is 12.4. The minimum atomic E-state index is 0.658. The van der Waals surface area contributed by atoms with Gasteiger partial charge in [-0.25, -0.2) is 9.97 Å². The zero-order chi connectivity index (χ0) is 14.4. The fourth-order valence-electron chi connectivity index (χ4n) is 2.18. The molecule has 6 nitrogen and oxygen atoms in total. The Balaban J connectivity index is 1.85. The number of nitrogens with one attached hydrogen (secondary N) is 1. The van der Waals surface area contributed by atoms with Crippen molar-refractivity contribution in [2.45, 2.75) is 0 Å². The summed E-state index contributed by atoms with van der Waals surface area (Å²) in [7, 11) is 1.83. The molecule has 0 amide bonds. The van der Waals surface area contributed by atoms with Crippen molar-refractivity contribution < 1.29 is 0 Å². The number of aryl methyl sites for hydroxylation is 1. The number of fused-ring (bicyclic) bond motifs is 1. The van der Waals surface area contributed by atoms with Crippen LogP contribution >= 0.6 is 22.9 Å². The number of hydrogen-bond donors (Lipinski definition) is 1. The van der Waals surface area contributed by atoms with Crippen LogP contribution in [0.4, 0.5) is 0 Å². The molecule has 0 aromatic carbocycles. The van der Waals surface area contributed by atoms with Crippen LogP contribution in [0.25, 0.3) is 33.0 Å². The Hall–Kier alpha value is -2.25. The van der Waals surface area contributed by atoms with E-state index in [0.29, 0.717) is 5.02 Å². The average molecular weight is 317 g/mol. The second-order valence-corrected chi connectivity index (χ2v) is 5.80. The number of hydrogen-bond acceptors (Lipinski definition) is 5. The van der Waals surface area contributed by atoms with E-state index in [1.54, 1.807) is 16.9 Å². The van der Waals surface area contributed by atoms with Crippen LogP contribution in [0.1, 0.15) is 0 Å². The fraction of sp³-hybridized carbons (Fsp3) is 0.0769. The molecule has 0 unspecified atom stereocenters. The summed E-state index contributed by atoms with van der Waals surface area (Å²) >= 11 is 7.79. The second-order valence-electron chi connectivity index (χ2n) is 4.53. The highest BCUT2D eigenvalue weighted by Gasteiger charge is 2.15. The molecule has 0 spiro atoms. The van der Waals surface area contributed by atoms with Gasteiger partial charge < -0.3 is 4.98 Å². The average Bonchev–Trinajstić information content (AvgIpc) is 3.15. The van der Waals surface area contributed by atoms with Crippen LogP contribution in [0.15, 0.2) is 30.0 Å². The van der Waals surface area contributed by atoms with Crippen LogP contribution in [-0.2, 0) is 7.05 Å². The Morgan fingerprint density at radius 2 is 2.24 bits per heavy atom. The molecule has 4 heterocycles. The van der Waals surface area contributed by atoms with Gasteiger partial charge in [-0.05, 0) is 6.07 Å². The standard InChI is InChI=1S/C13H9ClN6S/c1-20-5-9(18-19-20)13-17-10(6-21-13)7-4-16-12-11(7)8(14)2-3-15-12/h2-6H,1H3,(H,15,16). The van der Waals surface area contributed by atoms with Gasteiger partial charge in [0.2, 0.25) is 0 Å². The predicted octanol–water partition coefficient (Wildman–Crippen LogP) is 3.14. The molecule has 0 aliphatic heterocycles. The van der Waals surface area contributed by atoms with Crippen molar-refractivity contribution in [3.63, 3.8) is 0 Å². The van der Waals surface area contributed by atoms with Crippen molar-refractivity contribution >= 4 is 34.0 Å². The first-order chi connectivity index (χ1) is 10.2. The van der Waals surface area contributed by atoms with Gasteiger partial charge in [-0.15, -0.1) is 16.4 Å². The van der Waals surface area contributed by atoms with Gasteiger partial charge in [0.15, 0.2) is 0 Å². The highest BCUT2D eigenvalue weighted by atomic mass is 35.5. The van der Waals surface area contributed by atoms with Gasteiger partial charge in [-0.1, -0.05) is 16.8 Å². The van der Waals surface area contributed by atoms with Crippen molar-refractivity contribution in [1.82, 2.24) is 29.9 Å². The summed E-state index contributed by atoms with van der Waals surface area (Å²) in [6.45, 7) is 0. The Morgan fingerprint density at radius 1 is 1.33 bits per heavy atom. The summed E-state index contributed by atoms with van der Waals surface area (Å²) < 4.78 is 1.66. The van der Waals surface area contributed by atoms with Crippen LogP contribution in [0.2, 0.25) is 5.02 Å². The van der Waals surface area contributed by atoms with Gasteiger partial charge in [0.25, 0.3) is 0 Å². The number of aromatic amines is 1. The first-order valence-electron chi connectivity index (χ1n) is 6.16. The summed E-state index contributed by atoms with van der Waals surface area (Å²) in [4.78, 5) is 12.0. The van der Waals surface area contributed by atoms with E-state index in [-0.39, 0.29) is 0 Å². The lowest BCUT2D eigenvalue weighted by Crippen LogP contribution is -1.85. The molecule has 8 heteroatoms. The highest BCUT2D eigenvalue weighted by molar-refractivity contribution is 7.13. The van der Waals surface area contributed by atoms with Crippen molar-refractivity contribution in [2.24, 2.45) is 7.05 Å². The third kappa shape index (κ3) is 2.01. The molecule has 4 aromatic heterocycles. The molecule has 0 fully saturated rings. The predicted molar refractivity (Wildman–Crippen MR) is 82.2 cm³/mol. The van der Waals surface area contributed by atoms with Crippen molar-refractivity contribution in [3.8, 4) is 22.0 Å². The van der Waals surface area contributed by atoms with Gasteiger partial charge >= 0.3 is 0 Å². The van der Waals surface area contributed by atoms with E-state index in [4.69, 9.17) is 11.6 Å². The summed E-state index contributed by atoms with van der Waals surface area (Å²) in [6.07, 6.45) is 5.39. The third-order valence-electron chi connectivity index (χ3n) is 3.12. The first kappa shape index (κ1) is 12.5. The lowest BCUT2D eigenvalue weighted by molar-refractivity contribution is 0.715. The lowest BCUT2D eigenvalue weighted by atomic mass is 10.2. The van der Waals surface area contributed by atoms with Gasteiger partial charge in [0.1, 0.15) is 16.3 Å². The largest absolute Gasteiger partial charge is 0.345 e. The van der Waals surface area contributed by atoms with Gasteiger partial charge in [0, 0.05) is 35.8 Å². The van der Waals surface area contributed by atoms with E-state index in [1.165, 1.54) is 11.3 Å². The lowest BCUT2D eigenvalue weighted by Gasteiger charge is -1.96. The van der Waals surface area contributed by atoms with Crippen LogP contribution in [0.5, 0.6) is 0 Å². The zero-order valence-corrected chi connectivity index (χ0v) is 12.5. The first-order valence-corrected chi connectivity index (χ1v) is 7.42. The van der Waals surface area contributed by atoms with Crippen LogP contribution in [-0.4, -0.2) is 29.9 Å². The number of pyridine rings is 1. The molecule has 0 aliphatic carbocycles. The Morgan fingerprint density at radius 3 is 3.05 bits per heavy atom. The number of nitrogens with zero attached hydrogens (tertiary/aromatic N) is 5. The van der Waals surface area contributed by atoms with E-state index in [0.717, 1.165) is 33.0 Å². The molecule has 4 rings (SSSR count). The minimum absolute atomic E-state index is 0.658. The van der Waals surface area contributed by atoms with Crippen molar-refractivity contribution in [2.75, 3.05) is 0 Å². The van der Waals surface area contributed by atoms with Crippen LogP contribution < -0.4 is 0 Å². The number of H-pyrrole nitrogens is 1. The summed E-state index contributed by atoms with van der Waals surface area (Å²) in [5.41, 5.74) is 3.31. The van der Waals surface area contributed by atoms with E-state index in [9.17, 15) is 0 Å². The van der Waals surface area contributed by atoms with Crippen LogP contribution in [0.3, 0.4) is 0 Å². The number of rotatable bonds is 2. The Kier molecular flexibility index (Phi) is 2.76. The molecule has 0 saturated heterocycles. The highest BCUT2D eigenvalue weighted by Crippen LogP contribution is 2.34. The number of thiazole rings is 1. The Labute approximate surface area is 128 Å². The van der Waals surface area contributed by atoms with Gasteiger partial charge in [0.05, 0.1) is 16.9 Å². The molecular weight excluding hydrogens is 308 g/mol. The van der Waals surface area contributed by atoms with E-state index < -0.39 is 0 Å². The molecule has 0 radical (unpaired) electrons. The third-order valence-corrected chi connectivity index (χ3v) is 4.30. The van der Waals surface area contributed by atoms with Crippen molar-refractivity contribution in [1.29, 1.82) is 0 Å². The normalized spacial score (nSPS) is 11.3. The molecule has 104 valence electrons. The SMILES string of the molecule is Cn1cc(-c2nc(-c3c[nH]c4nccc(Cl)c34)cs2)nn1. The number of halogens is 1.